The van der Waals surface area contributed by atoms with Crippen LogP contribution in [-0.4, -0.2) is 24.8 Å². The van der Waals surface area contributed by atoms with Crippen LogP contribution in [0, 0.1) is 0 Å². The van der Waals surface area contributed by atoms with E-state index in [1.807, 2.05) is 12.1 Å². The number of para-hydroxylation sites is 1. The van der Waals surface area contributed by atoms with Gasteiger partial charge in [0.2, 0.25) is 0 Å². The minimum absolute atomic E-state index is 0.143. The first kappa shape index (κ1) is 10.7. The molecule has 0 atom stereocenters. The predicted octanol–water partition coefficient (Wildman–Crippen LogP) is 1.35. The van der Waals surface area contributed by atoms with E-state index in [1.54, 1.807) is 19.2 Å². The third-order valence-electron chi connectivity index (χ3n) is 2.44. The molecule has 0 saturated heterocycles. The molecule has 0 aromatic heterocycles. The van der Waals surface area contributed by atoms with Crippen LogP contribution in [0.15, 0.2) is 29.8 Å². The molecule has 4 heteroatoms. The summed E-state index contributed by atoms with van der Waals surface area (Å²) in [6.07, 6.45) is 0.143. The number of cyclic esters (lactones) is 1. The Bertz CT molecular complexity index is 448. The Labute approximate surface area is 93.1 Å². The van der Waals surface area contributed by atoms with E-state index in [1.165, 1.54) is 0 Å². The molecular formula is C12H12O4. The lowest BCUT2D eigenvalue weighted by Crippen LogP contribution is -1.96. The molecule has 1 aromatic rings. The van der Waals surface area contributed by atoms with Crippen molar-refractivity contribution in [3.8, 4) is 5.75 Å². The maximum Gasteiger partial charge on any atom is 0.315 e. The number of rotatable bonds is 3. The molecule has 0 spiro atoms. The summed E-state index contributed by atoms with van der Waals surface area (Å²) in [7, 11) is 1.55. The quantitative estimate of drug-likeness (QED) is 0.781. The Kier molecular flexibility index (Phi) is 2.92. The van der Waals surface area contributed by atoms with Crippen molar-refractivity contribution in [3.05, 3.63) is 35.4 Å². The van der Waals surface area contributed by atoms with E-state index in [4.69, 9.17) is 14.6 Å². The first-order valence-electron chi connectivity index (χ1n) is 4.93. The molecule has 0 amide bonds. The fourth-order valence-corrected chi connectivity index (χ4v) is 1.68. The minimum atomic E-state index is -0.343. The van der Waals surface area contributed by atoms with Crippen molar-refractivity contribution in [1.82, 2.24) is 0 Å². The fraction of sp³-hybridized carbons (Fsp3) is 0.250. The Morgan fingerprint density at radius 2 is 2.19 bits per heavy atom. The second-order valence-corrected chi connectivity index (χ2v) is 3.44. The number of benzene rings is 1. The maximum absolute atomic E-state index is 11.2. The molecule has 2 rings (SSSR count). The molecule has 1 aliphatic heterocycles. The summed E-state index contributed by atoms with van der Waals surface area (Å²) in [5.41, 5.74) is 1.29. The van der Waals surface area contributed by atoms with Gasteiger partial charge in [-0.15, -0.1) is 0 Å². The molecule has 0 bridgehead atoms. The summed E-state index contributed by atoms with van der Waals surface area (Å²) >= 11 is 0. The van der Waals surface area contributed by atoms with Crippen molar-refractivity contribution in [1.29, 1.82) is 0 Å². The molecule has 0 unspecified atom stereocenters. The number of methoxy groups -OCH3 is 1. The van der Waals surface area contributed by atoms with Crippen LogP contribution in [-0.2, 0) is 9.53 Å². The normalized spacial score (nSPS) is 15.2. The van der Waals surface area contributed by atoms with Crippen LogP contribution in [0.25, 0.3) is 5.76 Å². The highest BCUT2D eigenvalue weighted by molar-refractivity contribution is 5.89. The summed E-state index contributed by atoms with van der Waals surface area (Å²) in [6, 6.07) is 7.23. The van der Waals surface area contributed by atoms with E-state index in [0.717, 1.165) is 0 Å². The smallest absolute Gasteiger partial charge is 0.315 e. The van der Waals surface area contributed by atoms with Crippen LogP contribution in [0.2, 0.25) is 0 Å². The van der Waals surface area contributed by atoms with E-state index in [0.29, 0.717) is 22.6 Å². The average molecular weight is 220 g/mol. The molecule has 4 nitrogen and oxygen atoms in total. The lowest BCUT2D eigenvalue weighted by Gasteiger charge is -2.09. The van der Waals surface area contributed by atoms with Crippen LogP contribution < -0.4 is 4.74 Å². The van der Waals surface area contributed by atoms with Gasteiger partial charge in [0.25, 0.3) is 0 Å². The van der Waals surface area contributed by atoms with Gasteiger partial charge in [-0.3, -0.25) is 4.79 Å². The van der Waals surface area contributed by atoms with Crippen LogP contribution in [0.3, 0.4) is 0 Å². The Morgan fingerprint density at radius 1 is 1.44 bits per heavy atom. The lowest BCUT2D eigenvalue weighted by molar-refractivity contribution is -0.134. The van der Waals surface area contributed by atoms with Crippen LogP contribution >= 0.6 is 0 Å². The Morgan fingerprint density at radius 3 is 2.88 bits per heavy atom. The first-order valence-corrected chi connectivity index (χ1v) is 4.93. The zero-order valence-electron chi connectivity index (χ0n) is 8.90. The number of aliphatic hydroxyl groups is 1. The Hall–Kier alpha value is -1.81. The van der Waals surface area contributed by atoms with E-state index in [9.17, 15) is 4.79 Å². The third kappa shape index (κ3) is 1.79. The van der Waals surface area contributed by atoms with Gasteiger partial charge < -0.3 is 14.6 Å². The van der Waals surface area contributed by atoms with E-state index in [2.05, 4.69) is 0 Å². The second kappa shape index (κ2) is 4.37. The van der Waals surface area contributed by atoms with Crippen LogP contribution in [0.5, 0.6) is 5.75 Å². The van der Waals surface area contributed by atoms with Gasteiger partial charge >= 0.3 is 5.97 Å². The summed E-state index contributed by atoms with van der Waals surface area (Å²) in [4.78, 5) is 11.2. The molecule has 0 aliphatic carbocycles. The van der Waals surface area contributed by atoms with Gasteiger partial charge in [-0.2, -0.15) is 0 Å². The van der Waals surface area contributed by atoms with Crippen LogP contribution in [0.1, 0.15) is 12.0 Å². The fourth-order valence-electron chi connectivity index (χ4n) is 1.68. The van der Waals surface area contributed by atoms with E-state index in [-0.39, 0.29) is 19.0 Å². The monoisotopic (exact) mass is 220 g/mol. The molecular weight excluding hydrogens is 208 g/mol. The summed E-state index contributed by atoms with van der Waals surface area (Å²) in [6.45, 7) is -0.181. The van der Waals surface area contributed by atoms with Crippen molar-refractivity contribution in [3.63, 3.8) is 0 Å². The second-order valence-electron chi connectivity index (χ2n) is 3.44. The van der Waals surface area contributed by atoms with E-state index < -0.39 is 0 Å². The molecule has 16 heavy (non-hydrogen) atoms. The minimum Gasteiger partial charge on any atom is -0.496 e. The molecule has 1 N–H and O–H groups in total. The third-order valence-corrected chi connectivity index (χ3v) is 2.44. The summed E-state index contributed by atoms with van der Waals surface area (Å²) in [5.74, 6) is 0.702. The number of ether oxygens (including phenoxy) is 2. The van der Waals surface area contributed by atoms with Gasteiger partial charge in [0.15, 0.2) is 0 Å². The molecule has 1 aliphatic rings. The molecule has 0 fully saturated rings. The summed E-state index contributed by atoms with van der Waals surface area (Å²) in [5, 5.41) is 9.15. The van der Waals surface area contributed by atoms with Gasteiger partial charge in [0.05, 0.1) is 25.7 Å². The standard InChI is InChI=1S/C12H12O4/c1-15-10-5-3-2-4-9(10)12-8(7-13)6-11(14)16-12/h2-5,13H,6-7H2,1H3. The largest absolute Gasteiger partial charge is 0.496 e. The van der Waals surface area contributed by atoms with Gasteiger partial charge in [-0.05, 0) is 12.1 Å². The SMILES string of the molecule is COc1ccccc1C1=C(CO)CC(=O)O1. The van der Waals surface area contributed by atoms with Crippen molar-refractivity contribution < 1.29 is 19.4 Å². The predicted molar refractivity (Wildman–Crippen MR) is 57.7 cm³/mol. The molecule has 1 aromatic carbocycles. The molecule has 0 radical (unpaired) electrons. The highest BCUT2D eigenvalue weighted by atomic mass is 16.5. The Balaban J connectivity index is 2.47. The summed E-state index contributed by atoms with van der Waals surface area (Å²) < 4.78 is 10.3. The number of aliphatic hydroxyl groups excluding tert-OH is 1. The number of carbonyl (C=O) groups excluding carboxylic acids is 1. The molecule has 84 valence electrons. The van der Waals surface area contributed by atoms with Crippen molar-refractivity contribution in [2.24, 2.45) is 0 Å². The number of hydrogen-bond donors (Lipinski definition) is 1. The first-order chi connectivity index (χ1) is 7.76. The van der Waals surface area contributed by atoms with E-state index >= 15 is 0 Å². The molecule has 1 heterocycles. The maximum atomic E-state index is 11.2. The van der Waals surface area contributed by atoms with Crippen LogP contribution in [0.4, 0.5) is 0 Å². The van der Waals surface area contributed by atoms with Crippen molar-refractivity contribution in [2.75, 3.05) is 13.7 Å². The number of hydrogen-bond acceptors (Lipinski definition) is 4. The van der Waals surface area contributed by atoms with Crippen molar-refractivity contribution in [2.45, 2.75) is 6.42 Å². The van der Waals surface area contributed by atoms with Crippen molar-refractivity contribution >= 4 is 11.7 Å². The van der Waals surface area contributed by atoms with Gasteiger partial charge in [0.1, 0.15) is 11.5 Å². The van der Waals surface area contributed by atoms with Gasteiger partial charge in [-0.25, -0.2) is 0 Å². The molecule has 0 saturated carbocycles. The highest BCUT2D eigenvalue weighted by Gasteiger charge is 2.26. The topological polar surface area (TPSA) is 55.8 Å². The number of esters is 1. The van der Waals surface area contributed by atoms with Gasteiger partial charge in [-0.1, -0.05) is 12.1 Å². The highest BCUT2D eigenvalue weighted by Crippen LogP contribution is 2.34. The zero-order valence-corrected chi connectivity index (χ0v) is 8.90. The lowest BCUT2D eigenvalue weighted by atomic mass is 10.1. The average Bonchev–Trinajstić information content (AvgIpc) is 2.70. The van der Waals surface area contributed by atoms with Gasteiger partial charge in [0, 0.05) is 5.57 Å². The number of carbonyl (C=O) groups is 1. The zero-order chi connectivity index (χ0) is 11.5.